The van der Waals surface area contributed by atoms with Crippen LogP contribution >= 0.6 is 0 Å². The molecule has 7 heteroatoms. The second-order valence-electron chi connectivity index (χ2n) is 6.43. The molecule has 2 aliphatic rings. The lowest BCUT2D eigenvalue weighted by Gasteiger charge is -2.42. The molecule has 0 aromatic heterocycles. The Kier molecular flexibility index (Phi) is 3.43. The van der Waals surface area contributed by atoms with Gasteiger partial charge in [-0.15, -0.1) is 0 Å². The number of hydrogen-bond donors (Lipinski definition) is 2. The normalized spacial score (nSPS) is 33.6. The fourth-order valence-corrected chi connectivity index (χ4v) is 3.51. The van der Waals surface area contributed by atoms with E-state index < -0.39 is 29.2 Å². The number of alkyl halides is 1. The van der Waals surface area contributed by atoms with Crippen LogP contribution < -0.4 is 5.32 Å². The number of aliphatic hydroxyl groups is 1. The molecule has 2 N–H and O–H groups in total. The highest BCUT2D eigenvalue weighted by Crippen LogP contribution is 2.55. The van der Waals surface area contributed by atoms with Crippen LogP contribution in [0.3, 0.4) is 0 Å². The number of amides is 1. The smallest absolute Gasteiger partial charge is 0.281 e. The van der Waals surface area contributed by atoms with Gasteiger partial charge in [-0.3, -0.25) is 9.64 Å². The minimum atomic E-state index is -3.04. The standard InChI is InChI=1S/C16H17F2N3O2/c1-9(2)21-8-15(7-13(21)19-3)14(22)20-12-5-4-10(17)6-11(12)16(15,18)23/h4-6,9,13,23H,7-8H2,1-2H3,(H,20,22)/t13-,15+,16?/m0/s1. The van der Waals surface area contributed by atoms with Gasteiger partial charge in [0.1, 0.15) is 11.2 Å². The summed E-state index contributed by atoms with van der Waals surface area (Å²) in [5.41, 5.74) is -2.08. The SMILES string of the molecule is [C-]#[N+][C@@H]1C[C@@]2(CN1C(C)C)C(=O)Nc1ccc(F)cc1C2(O)F. The molecule has 122 valence electrons. The number of likely N-dealkylation sites (tertiary alicyclic amines) is 1. The third-order valence-corrected chi connectivity index (χ3v) is 4.83. The molecule has 3 rings (SSSR count). The Morgan fingerprint density at radius 1 is 1.52 bits per heavy atom. The van der Waals surface area contributed by atoms with E-state index in [1.54, 1.807) is 4.90 Å². The van der Waals surface area contributed by atoms with E-state index in [1.165, 1.54) is 6.07 Å². The third-order valence-electron chi connectivity index (χ3n) is 4.83. The van der Waals surface area contributed by atoms with Crippen molar-refractivity contribution in [1.29, 1.82) is 0 Å². The summed E-state index contributed by atoms with van der Waals surface area (Å²) in [6.07, 6.45) is -0.859. The molecule has 1 aromatic carbocycles. The van der Waals surface area contributed by atoms with Crippen LogP contribution in [-0.4, -0.2) is 34.7 Å². The number of nitrogens with one attached hydrogen (secondary N) is 1. The average molecular weight is 321 g/mol. The summed E-state index contributed by atoms with van der Waals surface area (Å²) in [5.74, 6) is -4.43. The number of fused-ring (bicyclic) bond motifs is 1. The fraction of sp³-hybridized carbons (Fsp3) is 0.500. The van der Waals surface area contributed by atoms with Crippen molar-refractivity contribution in [2.45, 2.75) is 38.3 Å². The van der Waals surface area contributed by atoms with E-state index in [9.17, 15) is 14.3 Å². The zero-order chi connectivity index (χ0) is 17.0. The molecule has 1 aromatic rings. The first-order valence-electron chi connectivity index (χ1n) is 7.38. The van der Waals surface area contributed by atoms with Crippen molar-refractivity contribution < 1.29 is 18.7 Å². The largest absolute Gasteiger partial charge is 0.357 e. The number of halogens is 2. The summed E-state index contributed by atoms with van der Waals surface area (Å²) in [7, 11) is 0. The van der Waals surface area contributed by atoms with Crippen molar-refractivity contribution in [1.82, 2.24) is 4.90 Å². The van der Waals surface area contributed by atoms with Crippen molar-refractivity contribution in [2.75, 3.05) is 11.9 Å². The monoisotopic (exact) mass is 321 g/mol. The first kappa shape index (κ1) is 15.8. The predicted molar refractivity (Wildman–Crippen MR) is 79.3 cm³/mol. The van der Waals surface area contributed by atoms with Crippen LogP contribution in [-0.2, 0) is 10.6 Å². The molecule has 0 aliphatic carbocycles. The molecule has 1 saturated heterocycles. The highest BCUT2D eigenvalue weighted by molar-refractivity contribution is 6.00. The minimum absolute atomic E-state index is 0.0504. The Morgan fingerprint density at radius 3 is 2.78 bits per heavy atom. The fourth-order valence-electron chi connectivity index (χ4n) is 3.51. The van der Waals surface area contributed by atoms with Crippen LogP contribution in [0, 0.1) is 17.8 Å². The van der Waals surface area contributed by atoms with Crippen molar-refractivity contribution in [3.05, 3.63) is 41.0 Å². The quantitative estimate of drug-likeness (QED) is 0.780. The third kappa shape index (κ3) is 2.06. The number of anilines is 1. The van der Waals surface area contributed by atoms with Gasteiger partial charge in [0.05, 0.1) is 6.42 Å². The van der Waals surface area contributed by atoms with E-state index in [4.69, 9.17) is 6.57 Å². The lowest BCUT2D eigenvalue weighted by molar-refractivity contribution is -0.196. The molecule has 5 nitrogen and oxygen atoms in total. The van der Waals surface area contributed by atoms with Crippen molar-refractivity contribution in [2.24, 2.45) is 5.41 Å². The van der Waals surface area contributed by atoms with Crippen molar-refractivity contribution >= 4 is 11.6 Å². The number of carbonyl (C=O) groups is 1. The lowest BCUT2D eigenvalue weighted by Crippen LogP contribution is -2.56. The van der Waals surface area contributed by atoms with Gasteiger partial charge in [-0.1, -0.05) is 0 Å². The average Bonchev–Trinajstić information content (AvgIpc) is 2.89. The van der Waals surface area contributed by atoms with Crippen LogP contribution in [0.4, 0.5) is 14.5 Å². The van der Waals surface area contributed by atoms with E-state index in [0.29, 0.717) is 0 Å². The lowest BCUT2D eigenvalue weighted by atomic mass is 9.72. The topological polar surface area (TPSA) is 56.9 Å². The molecule has 1 unspecified atom stereocenters. The second kappa shape index (κ2) is 4.98. The van der Waals surface area contributed by atoms with Gasteiger partial charge in [0.15, 0.2) is 0 Å². The summed E-state index contributed by atoms with van der Waals surface area (Å²) in [6.45, 7) is 10.9. The number of benzene rings is 1. The Bertz CT molecular complexity index is 714. The summed E-state index contributed by atoms with van der Waals surface area (Å²) < 4.78 is 28.9. The first-order valence-corrected chi connectivity index (χ1v) is 7.38. The Balaban J connectivity index is 2.14. The minimum Gasteiger partial charge on any atom is -0.357 e. The molecule has 2 heterocycles. The maximum absolute atomic E-state index is 15.4. The zero-order valence-electron chi connectivity index (χ0n) is 12.8. The van der Waals surface area contributed by atoms with Crippen LogP contribution in [0.1, 0.15) is 25.8 Å². The van der Waals surface area contributed by atoms with E-state index in [-0.39, 0.29) is 30.3 Å². The summed E-state index contributed by atoms with van der Waals surface area (Å²) in [6, 6.07) is 3.11. The van der Waals surface area contributed by atoms with Crippen LogP contribution in [0.15, 0.2) is 18.2 Å². The first-order chi connectivity index (χ1) is 10.7. The van der Waals surface area contributed by atoms with E-state index in [0.717, 1.165) is 12.1 Å². The molecule has 23 heavy (non-hydrogen) atoms. The predicted octanol–water partition coefficient (Wildman–Crippen LogP) is 2.24. The molecule has 1 amide bonds. The van der Waals surface area contributed by atoms with Crippen molar-refractivity contribution in [3.8, 4) is 0 Å². The summed E-state index contributed by atoms with van der Waals surface area (Å²) in [5, 5.41) is 13.1. The number of rotatable bonds is 1. The van der Waals surface area contributed by atoms with Gasteiger partial charge in [-0.2, -0.15) is 0 Å². The molecule has 3 atom stereocenters. The van der Waals surface area contributed by atoms with E-state index in [2.05, 4.69) is 10.2 Å². The van der Waals surface area contributed by atoms with Crippen LogP contribution in [0.25, 0.3) is 4.85 Å². The van der Waals surface area contributed by atoms with Gasteiger partial charge in [-0.25, -0.2) is 20.3 Å². The van der Waals surface area contributed by atoms with E-state index in [1.807, 2.05) is 13.8 Å². The Hall–Kier alpha value is -2.04. The maximum atomic E-state index is 15.4. The Morgan fingerprint density at radius 2 is 2.22 bits per heavy atom. The van der Waals surface area contributed by atoms with Crippen LogP contribution in [0.2, 0.25) is 0 Å². The van der Waals surface area contributed by atoms with Crippen LogP contribution in [0.5, 0.6) is 0 Å². The molecule has 2 aliphatic heterocycles. The molecule has 0 bridgehead atoms. The van der Waals surface area contributed by atoms with Gasteiger partial charge in [0, 0.05) is 23.8 Å². The summed E-state index contributed by atoms with van der Waals surface area (Å²) in [4.78, 5) is 17.7. The van der Waals surface area contributed by atoms with E-state index >= 15 is 4.39 Å². The number of nitrogens with zero attached hydrogens (tertiary/aromatic N) is 2. The molecular formula is C16H17F2N3O2. The number of carbonyl (C=O) groups excluding carboxylic acids is 1. The van der Waals surface area contributed by atoms with Gasteiger partial charge >= 0.3 is 0 Å². The van der Waals surface area contributed by atoms with Gasteiger partial charge in [0.2, 0.25) is 5.91 Å². The highest BCUT2D eigenvalue weighted by atomic mass is 19.2. The molecule has 1 spiro atoms. The Labute approximate surface area is 132 Å². The molecule has 0 saturated carbocycles. The van der Waals surface area contributed by atoms with Gasteiger partial charge in [0.25, 0.3) is 12.0 Å². The zero-order valence-corrected chi connectivity index (χ0v) is 12.8. The van der Waals surface area contributed by atoms with Crippen molar-refractivity contribution in [3.63, 3.8) is 0 Å². The van der Waals surface area contributed by atoms with Gasteiger partial charge < -0.3 is 10.4 Å². The second-order valence-corrected chi connectivity index (χ2v) is 6.43. The summed E-state index contributed by atoms with van der Waals surface area (Å²) >= 11 is 0. The highest BCUT2D eigenvalue weighted by Gasteiger charge is 2.68. The van der Waals surface area contributed by atoms with Gasteiger partial charge in [-0.05, 0) is 32.0 Å². The maximum Gasteiger partial charge on any atom is 0.281 e. The number of hydrogen-bond acceptors (Lipinski definition) is 3. The molecule has 1 fully saturated rings. The molecule has 0 radical (unpaired) electrons. The molecular weight excluding hydrogens is 304 g/mol.